The zero-order valence-electron chi connectivity index (χ0n) is 19.8. The van der Waals surface area contributed by atoms with Crippen LogP contribution < -0.4 is 21.9 Å². The van der Waals surface area contributed by atoms with E-state index >= 15 is 0 Å². The molecule has 0 aliphatic carbocycles. The van der Waals surface area contributed by atoms with Gasteiger partial charge in [-0.3, -0.25) is 14.4 Å². The second-order valence-electron chi connectivity index (χ2n) is 8.32. The second-order valence-corrected chi connectivity index (χ2v) is 9.20. The van der Waals surface area contributed by atoms with Gasteiger partial charge in [-0.05, 0) is 62.9 Å². The number of hydrogen-bond acceptors (Lipinski definition) is 7. The number of rotatable bonds is 10. The molecule has 0 radical (unpaired) electrons. The van der Waals surface area contributed by atoms with Crippen molar-refractivity contribution in [3.63, 3.8) is 0 Å². The Kier molecular flexibility index (Phi) is 10.1. The molecular formula is C24H31N5O4S. The number of carbonyl (C=O) groups is 3. The highest BCUT2D eigenvalue weighted by molar-refractivity contribution is 7.98. The fourth-order valence-electron chi connectivity index (χ4n) is 2.95. The molecule has 2 aromatic carbocycles. The largest absolute Gasteiger partial charge is 0.459 e. The molecule has 2 amide bonds. The standard InChI is InChI=1S/C24H31N5O4S/c1-24(2,3)33-23(32)20(16-7-6-10-19(12-16)34-4)13-26-21(30)14-27-22(31)17-8-5-9-18(11-17)28-15-29-25/h5-12,15,20H,13-14,25H2,1-4H3,(H,26,30)(H,27,31)(H,28,29). The van der Waals surface area contributed by atoms with E-state index in [1.54, 1.807) is 56.8 Å². The minimum absolute atomic E-state index is 0.0394. The number of hydrogen-bond donors (Lipinski definition) is 4. The summed E-state index contributed by atoms with van der Waals surface area (Å²) in [6.45, 7) is 5.17. The molecule has 0 aliphatic rings. The number of amides is 2. The van der Waals surface area contributed by atoms with E-state index < -0.39 is 29.3 Å². The van der Waals surface area contributed by atoms with Crippen LogP contribution in [0.5, 0.6) is 0 Å². The molecule has 9 nitrogen and oxygen atoms in total. The van der Waals surface area contributed by atoms with Crippen LogP contribution in [-0.2, 0) is 14.3 Å². The van der Waals surface area contributed by atoms with E-state index in [0.29, 0.717) is 11.3 Å². The monoisotopic (exact) mass is 485 g/mol. The smallest absolute Gasteiger partial charge is 0.315 e. The molecule has 0 aromatic heterocycles. The number of nitrogens with two attached hydrogens (primary N) is 1. The van der Waals surface area contributed by atoms with E-state index in [2.05, 4.69) is 21.1 Å². The zero-order chi connectivity index (χ0) is 25.1. The molecule has 182 valence electrons. The van der Waals surface area contributed by atoms with E-state index in [0.717, 1.165) is 10.5 Å². The van der Waals surface area contributed by atoms with E-state index in [1.165, 1.54) is 6.34 Å². The van der Waals surface area contributed by atoms with Gasteiger partial charge in [0, 0.05) is 17.0 Å². The lowest BCUT2D eigenvalue weighted by molar-refractivity contribution is -0.156. The summed E-state index contributed by atoms with van der Waals surface area (Å²) in [5.74, 6) is 3.18. The summed E-state index contributed by atoms with van der Waals surface area (Å²) in [6.07, 6.45) is 3.24. The minimum atomic E-state index is -0.684. The second kappa shape index (κ2) is 12.8. The highest BCUT2D eigenvalue weighted by Crippen LogP contribution is 2.24. The van der Waals surface area contributed by atoms with E-state index in [4.69, 9.17) is 10.6 Å². The number of hydrazine groups is 1. The van der Waals surface area contributed by atoms with Crippen LogP contribution in [0.4, 0.5) is 5.69 Å². The Morgan fingerprint density at radius 3 is 2.53 bits per heavy atom. The van der Waals surface area contributed by atoms with Crippen LogP contribution in [0, 0.1) is 0 Å². The summed E-state index contributed by atoms with van der Waals surface area (Å²) in [6, 6.07) is 14.1. The molecule has 2 aromatic rings. The molecule has 1 atom stereocenters. The van der Waals surface area contributed by atoms with Gasteiger partial charge < -0.3 is 20.8 Å². The molecule has 0 saturated heterocycles. The first-order chi connectivity index (χ1) is 16.1. The van der Waals surface area contributed by atoms with Crippen LogP contribution in [0.1, 0.15) is 42.6 Å². The van der Waals surface area contributed by atoms with Crippen molar-refractivity contribution in [1.29, 1.82) is 0 Å². The molecule has 0 saturated carbocycles. The summed E-state index contributed by atoms with van der Waals surface area (Å²) in [7, 11) is 0. The van der Waals surface area contributed by atoms with Crippen molar-refractivity contribution in [3.05, 3.63) is 59.7 Å². The Morgan fingerprint density at radius 2 is 1.85 bits per heavy atom. The molecular weight excluding hydrogens is 454 g/mol. The Bertz CT molecular complexity index is 1040. The quantitative estimate of drug-likeness (QED) is 0.101. The van der Waals surface area contributed by atoms with Gasteiger partial charge >= 0.3 is 5.97 Å². The van der Waals surface area contributed by atoms with Crippen LogP contribution in [0.15, 0.2) is 58.4 Å². The van der Waals surface area contributed by atoms with Crippen LogP contribution in [-0.4, -0.2) is 49.1 Å². The molecule has 2 rings (SSSR count). The molecule has 5 N–H and O–H groups in total. The highest BCUT2D eigenvalue weighted by atomic mass is 32.2. The van der Waals surface area contributed by atoms with E-state index in [-0.39, 0.29) is 13.1 Å². The maximum Gasteiger partial charge on any atom is 0.315 e. The maximum absolute atomic E-state index is 12.9. The molecule has 0 aliphatic heterocycles. The minimum Gasteiger partial charge on any atom is -0.459 e. The van der Waals surface area contributed by atoms with Crippen LogP contribution in [0.25, 0.3) is 0 Å². The number of aliphatic imine (C=N–C) groups is 1. The lowest BCUT2D eigenvalue weighted by Crippen LogP contribution is -2.40. The number of thioether (sulfide) groups is 1. The average molecular weight is 486 g/mol. The van der Waals surface area contributed by atoms with Gasteiger partial charge in [0.2, 0.25) is 5.91 Å². The Morgan fingerprint density at radius 1 is 1.12 bits per heavy atom. The van der Waals surface area contributed by atoms with Crippen molar-refractivity contribution >= 4 is 41.6 Å². The van der Waals surface area contributed by atoms with E-state index in [9.17, 15) is 14.4 Å². The number of nitrogens with one attached hydrogen (secondary N) is 3. The van der Waals surface area contributed by atoms with Gasteiger partial charge in [-0.1, -0.05) is 18.2 Å². The molecule has 10 heteroatoms. The third-order valence-corrected chi connectivity index (χ3v) is 5.22. The third-order valence-electron chi connectivity index (χ3n) is 4.50. The third kappa shape index (κ3) is 8.87. The van der Waals surface area contributed by atoms with Gasteiger partial charge in [0.1, 0.15) is 11.9 Å². The SMILES string of the molecule is CSc1cccc(C(CNC(=O)CNC(=O)c2cccc(N=CNN)c2)C(=O)OC(C)(C)C)c1. The molecule has 34 heavy (non-hydrogen) atoms. The Labute approximate surface area is 203 Å². The molecule has 0 fully saturated rings. The number of nitrogens with zero attached hydrogens (tertiary/aromatic N) is 1. The first-order valence-corrected chi connectivity index (χ1v) is 11.9. The predicted octanol–water partition coefficient (Wildman–Crippen LogP) is 2.50. The van der Waals surface area contributed by atoms with Crippen molar-refractivity contribution in [1.82, 2.24) is 16.1 Å². The van der Waals surface area contributed by atoms with Gasteiger partial charge in [-0.15, -0.1) is 11.8 Å². The molecule has 0 bridgehead atoms. The first-order valence-electron chi connectivity index (χ1n) is 10.6. The fourth-order valence-corrected chi connectivity index (χ4v) is 3.42. The molecule has 1 unspecified atom stereocenters. The van der Waals surface area contributed by atoms with Crippen molar-refractivity contribution in [2.45, 2.75) is 37.2 Å². The lowest BCUT2D eigenvalue weighted by atomic mass is 9.98. The van der Waals surface area contributed by atoms with Crippen LogP contribution in [0.3, 0.4) is 0 Å². The van der Waals surface area contributed by atoms with E-state index in [1.807, 2.05) is 30.5 Å². The lowest BCUT2D eigenvalue weighted by Gasteiger charge is -2.24. The first kappa shape index (κ1) is 26.9. The van der Waals surface area contributed by atoms with Gasteiger partial charge in [0.25, 0.3) is 5.91 Å². The van der Waals surface area contributed by atoms with Gasteiger partial charge in [0.05, 0.1) is 18.2 Å². The Hall–Kier alpha value is -3.37. The Balaban J connectivity index is 2.01. The van der Waals surface area contributed by atoms with Gasteiger partial charge in [-0.25, -0.2) is 10.8 Å². The molecule has 0 heterocycles. The number of benzene rings is 2. The van der Waals surface area contributed by atoms with Crippen LogP contribution in [0.2, 0.25) is 0 Å². The topological polar surface area (TPSA) is 135 Å². The number of esters is 1. The predicted molar refractivity (Wildman–Crippen MR) is 134 cm³/mol. The van der Waals surface area contributed by atoms with Crippen LogP contribution >= 0.6 is 11.8 Å². The summed E-state index contributed by atoms with van der Waals surface area (Å²) in [5, 5.41) is 5.29. The number of ether oxygens (including phenoxy) is 1. The normalized spacial score (nSPS) is 12.1. The summed E-state index contributed by atoms with van der Waals surface area (Å²) in [4.78, 5) is 42.7. The summed E-state index contributed by atoms with van der Waals surface area (Å²) >= 11 is 1.56. The maximum atomic E-state index is 12.9. The van der Waals surface area contributed by atoms with Crippen molar-refractivity contribution in [3.8, 4) is 0 Å². The summed E-state index contributed by atoms with van der Waals surface area (Å²) < 4.78 is 5.56. The van der Waals surface area contributed by atoms with Crippen molar-refractivity contribution in [2.75, 3.05) is 19.3 Å². The fraction of sp³-hybridized carbons (Fsp3) is 0.333. The van der Waals surface area contributed by atoms with Crippen molar-refractivity contribution < 1.29 is 19.1 Å². The van der Waals surface area contributed by atoms with Gasteiger partial charge in [-0.2, -0.15) is 0 Å². The highest BCUT2D eigenvalue weighted by Gasteiger charge is 2.27. The number of carbonyl (C=O) groups excluding carboxylic acids is 3. The molecule has 0 spiro atoms. The average Bonchev–Trinajstić information content (AvgIpc) is 2.80. The van der Waals surface area contributed by atoms with Gasteiger partial charge in [0.15, 0.2) is 0 Å². The zero-order valence-corrected chi connectivity index (χ0v) is 20.6. The summed E-state index contributed by atoms with van der Waals surface area (Å²) in [5.41, 5.74) is 3.25. The van der Waals surface area contributed by atoms with Crippen molar-refractivity contribution in [2.24, 2.45) is 10.8 Å².